The Morgan fingerprint density at radius 2 is 1.96 bits per heavy atom. The summed E-state index contributed by atoms with van der Waals surface area (Å²) in [6.07, 6.45) is 3.66. The van der Waals surface area contributed by atoms with Crippen LogP contribution in [-0.2, 0) is 20.7 Å². The molecule has 2 rings (SSSR count). The lowest BCUT2D eigenvalue weighted by Gasteiger charge is -2.14. The molecule has 5 nitrogen and oxygen atoms in total. The van der Waals surface area contributed by atoms with E-state index in [1.165, 1.54) is 11.1 Å². The van der Waals surface area contributed by atoms with Crippen molar-refractivity contribution in [2.24, 2.45) is 5.92 Å². The van der Waals surface area contributed by atoms with Crippen molar-refractivity contribution in [2.75, 3.05) is 20.3 Å². The molecule has 2 N–H and O–H groups in total. The average Bonchev–Trinajstić information content (AvgIpc) is 3.03. The van der Waals surface area contributed by atoms with E-state index in [9.17, 15) is 9.59 Å². The van der Waals surface area contributed by atoms with Gasteiger partial charge in [0.2, 0.25) is 11.8 Å². The zero-order valence-electron chi connectivity index (χ0n) is 14.6. The van der Waals surface area contributed by atoms with Gasteiger partial charge in [-0.1, -0.05) is 29.8 Å². The van der Waals surface area contributed by atoms with Crippen LogP contribution in [-0.4, -0.2) is 38.1 Å². The number of nitrogens with one attached hydrogen (secondary N) is 2. The lowest BCUT2D eigenvalue weighted by atomic mass is 10.1. The summed E-state index contributed by atoms with van der Waals surface area (Å²) in [5.74, 6) is 0.119. The van der Waals surface area contributed by atoms with Crippen molar-refractivity contribution in [3.8, 4) is 0 Å². The zero-order valence-corrected chi connectivity index (χ0v) is 14.6. The third-order valence-corrected chi connectivity index (χ3v) is 4.54. The second-order valence-electron chi connectivity index (χ2n) is 6.54. The molecule has 5 heteroatoms. The first-order valence-corrected chi connectivity index (χ1v) is 8.70. The summed E-state index contributed by atoms with van der Waals surface area (Å²) in [6.45, 7) is 3.15. The number of aryl methyl sites for hydroxylation is 1. The molecule has 2 atom stereocenters. The van der Waals surface area contributed by atoms with Gasteiger partial charge < -0.3 is 15.4 Å². The van der Waals surface area contributed by atoms with Gasteiger partial charge in [-0.15, -0.1) is 0 Å². The fourth-order valence-electron chi connectivity index (χ4n) is 3.07. The van der Waals surface area contributed by atoms with E-state index in [0.717, 1.165) is 25.7 Å². The largest absolute Gasteiger partial charge is 0.384 e. The third kappa shape index (κ3) is 5.96. The highest BCUT2D eigenvalue weighted by Crippen LogP contribution is 2.25. The molecule has 2 unspecified atom stereocenters. The van der Waals surface area contributed by atoms with Gasteiger partial charge in [-0.3, -0.25) is 9.59 Å². The Morgan fingerprint density at radius 3 is 2.67 bits per heavy atom. The number of rotatable bonds is 8. The molecule has 0 heterocycles. The molecule has 2 amide bonds. The van der Waals surface area contributed by atoms with Gasteiger partial charge in [0.15, 0.2) is 0 Å². The van der Waals surface area contributed by atoms with E-state index in [0.29, 0.717) is 19.6 Å². The lowest BCUT2D eigenvalue weighted by molar-refractivity contribution is -0.125. The molecule has 0 spiro atoms. The van der Waals surface area contributed by atoms with Crippen LogP contribution >= 0.6 is 0 Å². The van der Waals surface area contributed by atoms with Crippen LogP contribution in [0, 0.1) is 12.8 Å². The third-order valence-electron chi connectivity index (χ3n) is 4.54. The van der Waals surface area contributed by atoms with Crippen LogP contribution in [0.15, 0.2) is 24.3 Å². The van der Waals surface area contributed by atoms with Crippen molar-refractivity contribution >= 4 is 11.8 Å². The van der Waals surface area contributed by atoms with E-state index < -0.39 is 0 Å². The molecule has 132 valence electrons. The fourth-order valence-corrected chi connectivity index (χ4v) is 3.07. The molecule has 0 saturated heterocycles. The van der Waals surface area contributed by atoms with E-state index in [1.807, 2.05) is 0 Å². The molecule has 1 aromatic carbocycles. The van der Waals surface area contributed by atoms with Gasteiger partial charge in [-0.25, -0.2) is 0 Å². The number of ether oxygens (including phenoxy) is 1. The number of hydrogen-bond acceptors (Lipinski definition) is 3. The second-order valence-corrected chi connectivity index (χ2v) is 6.54. The van der Waals surface area contributed by atoms with E-state index in [2.05, 4.69) is 41.8 Å². The minimum absolute atomic E-state index is 0.00211. The van der Waals surface area contributed by atoms with Crippen LogP contribution in [0.2, 0.25) is 0 Å². The highest BCUT2D eigenvalue weighted by molar-refractivity contribution is 5.80. The Kier molecular flexibility index (Phi) is 7.25. The number of hydrogen-bond donors (Lipinski definition) is 2. The first-order chi connectivity index (χ1) is 11.6. The number of methoxy groups -OCH3 is 1. The summed E-state index contributed by atoms with van der Waals surface area (Å²) in [4.78, 5) is 23.9. The SMILES string of the molecule is COCCC(=O)NC1CCC(C(=O)NCCc2ccc(C)cc2)C1. The minimum atomic E-state index is 0.00211. The molecule has 24 heavy (non-hydrogen) atoms. The summed E-state index contributed by atoms with van der Waals surface area (Å²) in [7, 11) is 1.58. The number of benzene rings is 1. The van der Waals surface area contributed by atoms with Crippen LogP contribution < -0.4 is 10.6 Å². The zero-order chi connectivity index (χ0) is 17.4. The molecule has 1 aliphatic rings. The van der Waals surface area contributed by atoms with Crippen molar-refractivity contribution < 1.29 is 14.3 Å². The van der Waals surface area contributed by atoms with Gasteiger partial charge >= 0.3 is 0 Å². The van der Waals surface area contributed by atoms with E-state index in [4.69, 9.17) is 4.74 Å². The van der Waals surface area contributed by atoms with Crippen molar-refractivity contribution in [2.45, 2.75) is 45.1 Å². The Bertz CT molecular complexity index is 542. The predicted octanol–water partition coefficient (Wildman–Crippen LogP) is 1.98. The number of amides is 2. The summed E-state index contributed by atoms with van der Waals surface area (Å²) >= 11 is 0. The van der Waals surface area contributed by atoms with E-state index in [-0.39, 0.29) is 23.8 Å². The maximum Gasteiger partial charge on any atom is 0.223 e. The second kappa shape index (κ2) is 9.42. The van der Waals surface area contributed by atoms with Crippen molar-refractivity contribution in [3.05, 3.63) is 35.4 Å². The minimum Gasteiger partial charge on any atom is -0.384 e. The maximum absolute atomic E-state index is 12.2. The lowest BCUT2D eigenvalue weighted by Crippen LogP contribution is -2.35. The molecule has 0 aromatic heterocycles. The molecule has 1 aromatic rings. The van der Waals surface area contributed by atoms with Crippen molar-refractivity contribution in [1.29, 1.82) is 0 Å². The summed E-state index contributed by atoms with van der Waals surface area (Å²) in [5, 5.41) is 6.01. The molecule has 1 aliphatic carbocycles. The van der Waals surface area contributed by atoms with Crippen LogP contribution in [0.4, 0.5) is 0 Å². The molecule has 1 fully saturated rings. The monoisotopic (exact) mass is 332 g/mol. The Labute approximate surface area is 144 Å². The quantitative estimate of drug-likeness (QED) is 0.765. The summed E-state index contributed by atoms with van der Waals surface area (Å²) < 4.78 is 4.90. The first kappa shape index (κ1) is 18.5. The molecular formula is C19H28N2O3. The molecule has 0 bridgehead atoms. The van der Waals surface area contributed by atoms with Gasteiger partial charge in [0, 0.05) is 32.0 Å². The van der Waals surface area contributed by atoms with Crippen LogP contribution in [0.5, 0.6) is 0 Å². The molecule has 0 aliphatic heterocycles. The standard InChI is InChI=1S/C19H28N2O3/c1-14-3-5-15(6-4-14)9-11-20-19(23)16-7-8-17(13-16)21-18(22)10-12-24-2/h3-6,16-17H,7-13H2,1-2H3,(H,20,23)(H,21,22). The molecule has 0 radical (unpaired) electrons. The number of carbonyl (C=O) groups excluding carboxylic acids is 2. The highest BCUT2D eigenvalue weighted by Gasteiger charge is 2.30. The van der Waals surface area contributed by atoms with Crippen LogP contribution in [0.25, 0.3) is 0 Å². The van der Waals surface area contributed by atoms with E-state index >= 15 is 0 Å². The Morgan fingerprint density at radius 1 is 1.21 bits per heavy atom. The van der Waals surface area contributed by atoms with E-state index in [1.54, 1.807) is 7.11 Å². The van der Waals surface area contributed by atoms with Gasteiger partial charge in [0.25, 0.3) is 0 Å². The maximum atomic E-state index is 12.2. The Hall–Kier alpha value is -1.88. The van der Waals surface area contributed by atoms with Gasteiger partial charge in [-0.2, -0.15) is 0 Å². The first-order valence-electron chi connectivity index (χ1n) is 8.70. The predicted molar refractivity (Wildman–Crippen MR) is 93.7 cm³/mol. The van der Waals surface area contributed by atoms with Gasteiger partial charge in [0.05, 0.1) is 6.61 Å². The highest BCUT2D eigenvalue weighted by atomic mass is 16.5. The molecule has 1 saturated carbocycles. The van der Waals surface area contributed by atoms with Crippen molar-refractivity contribution in [3.63, 3.8) is 0 Å². The normalized spacial score (nSPS) is 19.9. The molecular weight excluding hydrogens is 304 g/mol. The van der Waals surface area contributed by atoms with Gasteiger partial charge in [-0.05, 0) is 38.2 Å². The van der Waals surface area contributed by atoms with Gasteiger partial charge in [0.1, 0.15) is 0 Å². The Balaban J connectivity index is 1.66. The topological polar surface area (TPSA) is 67.4 Å². The summed E-state index contributed by atoms with van der Waals surface area (Å²) in [5.41, 5.74) is 2.47. The average molecular weight is 332 g/mol. The fraction of sp³-hybridized carbons (Fsp3) is 0.579. The number of carbonyl (C=O) groups is 2. The van der Waals surface area contributed by atoms with Crippen molar-refractivity contribution in [1.82, 2.24) is 10.6 Å². The summed E-state index contributed by atoms with van der Waals surface area (Å²) in [6, 6.07) is 8.49. The smallest absolute Gasteiger partial charge is 0.223 e. The van der Waals surface area contributed by atoms with Crippen LogP contribution in [0.3, 0.4) is 0 Å². The van der Waals surface area contributed by atoms with Crippen LogP contribution in [0.1, 0.15) is 36.8 Å².